The van der Waals surface area contributed by atoms with Crippen LogP contribution in [0.15, 0.2) is 71.7 Å². The summed E-state index contributed by atoms with van der Waals surface area (Å²) >= 11 is 0. The van der Waals surface area contributed by atoms with Gasteiger partial charge in [-0.25, -0.2) is 4.99 Å². The SMILES string of the molecule is CCOc1cc2[nH]c(O)c(C(=Nc3ccc(C#N)cc3)c3ccccc3)c2cc1OCC. The summed E-state index contributed by atoms with van der Waals surface area (Å²) in [5.41, 5.74) is 3.97. The van der Waals surface area contributed by atoms with Crippen molar-refractivity contribution in [1.82, 2.24) is 4.98 Å². The van der Waals surface area contributed by atoms with Crippen LogP contribution in [0.5, 0.6) is 17.4 Å². The van der Waals surface area contributed by atoms with Crippen LogP contribution in [0.1, 0.15) is 30.5 Å². The van der Waals surface area contributed by atoms with Gasteiger partial charge in [0.05, 0.1) is 47.3 Å². The molecular formula is C26H23N3O3. The van der Waals surface area contributed by atoms with E-state index < -0.39 is 0 Å². The van der Waals surface area contributed by atoms with E-state index in [1.165, 1.54) is 0 Å². The zero-order valence-corrected chi connectivity index (χ0v) is 17.9. The van der Waals surface area contributed by atoms with Gasteiger partial charge in [-0.15, -0.1) is 0 Å². The fraction of sp³-hybridized carbons (Fsp3) is 0.154. The Hall–Kier alpha value is -4.24. The highest BCUT2D eigenvalue weighted by molar-refractivity contribution is 6.22. The number of hydrogen-bond acceptors (Lipinski definition) is 5. The molecule has 0 radical (unpaired) electrons. The number of hydrogen-bond donors (Lipinski definition) is 2. The summed E-state index contributed by atoms with van der Waals surface area (Å²) in [6.07, 6.45) is 0. The van der Waals surface area contributed by atoms with Crippen molar-refractivity contribution in [3.05, 3.63) is 83.4 Å². The van der Waals surface area contributed by atoms with E-state index in [1.54, 1.807) is 24.3 Å². The molecule has 4 rings (SSSR count). The molecule has 0 unspecified atom stereocenters. The normalized spacial score (nSPS) is 11.3. The number of aromatic amines is 1. The molecule has 1 heterocycles. The van der Waals surface area contributed by atoms with Crippen molar-refractivity contribution < 1.29 is 14.6 Å². The van der Waals surface area contributed by atoms with E-state index in [9.17, 15) is 5.11 Å². The topological polar surface area (TPSA) is 90.6 Å². The molecule has 32 heavy (non-hydrogen) atoms. The first-order valence-electron chi connectivity index (χ1n) is 10.4. The standard InChI is InChI=1S/C26H23N3O3/c1-3-31-22-14-20-21(15-23(22)32-4-2)29-26(30)24(20)25(18-8-6-5-7-9-18)28-19-12-10-17(16-27)11-13-19/h5-15,29-30H,3-4H2,1-2H3. The molecule has 0 aliphatic carbocycles. The molecule has 0 saturated heterocycles. The van der Waals surface area contributed by atoms with Crippen LogP contribution in [0.2, 0.25) is 0 Å². The van der Waals surface area contributed by atoms with E-state index in [0.29, 0.717) is 52.8 Å². The van der Waals surface area contributed by atoms with Crippen LogP contribution in [0, 0.1) is 11.3 Å². The number of fused-ring (bicyclic) bond motifs is 1. The predicted octanol–water partition coefficient (Wildman–Crippen LogP) is 5.71. The van der Waals surface area contributed by atoms with Crippen molar-refractivity contribution in [3.63, 3.8) is 0 Å². The minimum Gasteiger partial charge on any atom is -0.494 e. The number of nitrogens with zero attached hydrogens (tertiary/aromatic N) is 2. The van der Waals surface area contributed by atoms with Crippen molar-refractivity contribution in [3.8, 4) is 23.4 Å². The molecule has 1 aromatic heterocycles. The van der Waals surface area contributed by atoms with Gasteiger partial charge in [0.1, 0.15) is 0 Å². The molecule has 0 amide bonds. The summed E-state index contributed by atoms with van der Waals surface area (Å²) in [6.45, 7) is 4.81. The molecule has 0 spiro atoms. The Bertz CT molecular complexity index is 1300. The second kappa shape index (κ2) is 9.27. The van der Waals surface area contributed by atoms with Gasteiger partial charge >= 0.3 is 0 Å². The molecule has 3 aromatic carbocycles. The lowest BCUT2D eigenvalue weighted by molar-refractivity contribution is 0.288. The summed E-state index contributed by atoms with van der Waals surface area (Å²) in [5, 5.41) is 20.8. The van der Waals surface area contributed by atoms with Crippen molar-refractivity contribution in [2.45, 2.75) is 13.8 Å². The summed E-state index contributed by atoms with van der Waals surface area (Å²) in [6, 6.07) is 22.5. The third-order valence-electron chi connectivity index (χ3n) is 4.96. The first-order valence-corrected chi connectivity index (χ1v) is 10.4. The van der Waals surface area contributed by atoms with Gasteiger partial charge in [-0.1, -0.05) is 30.3 Å². The van der Waals surface area contributed by atoms with Gasteiger partial charge < -0.3 is 19.6 Å². The monoisotopic (exact) mass is 425 g/mol. The Morgan fingerprint density at radius 1 is 0.969 bits per heavy atom. The molecule has 6 nitrogen and oxygen atoms in total. The number of nitriles is 1. The summed E-state index contributed by atoms with van der Waals surface area (Å²) < 4.78 is 11.5. The van der Waals surface area contributed by atoms with E-state index in [2.05, 4.69) is 11.1 Å². The number of aliphatic imine (C=N–C) groups is 1. The van der Waals surface area contributed by atoms with Crippen molar-refractivity contribution in [2.75, 3.05) is 13.2 Å². The highest BCUT2D eigenvalue weighted by atomic mass is 16.5. The molecule has 2 N–H and O–H groups in total. The zero-order chi connectivity index (χ0) is 22.5. The lowest BCUT2D eigenvalue weighted by Gasteiger charge is -2.12. The molecule has 6 heteroatoms. The highest BCUT2D eigenvalue weighted by Crippen LogP contribution is 2.38. The zero-order valence-electron chi connectivity index (χ0n) is 17.9. The second-order valence-electron chi connectivity index (χ2n) is 7.04. The molecule has 0 saturated carbocycles. The van der Waals surface area contributed by atoms with Crippen molar-refractivity contribution in [2.24, 2.45) is 4.99 Å². The number of nitrogens with one attached hydrogen (secondary N) is 1. The van der Waals surface area contributed by atoms with E-state index in [4.69, 9.17) is 19.7 Å². The quantitative estimate of drug-likeness (QED) is 0.371. The minimum absolute atomic E-state index is 0.00680. The van der Waals surface area contributed by atoms with E-state index in [-0.39, 0.29) is 5.88 Å². The van der Waals surface area contributed by atoms with Crippen LogP contribution < -0.4 is 9.47 Å². The third-order valence-corrected chi connectivity index (χ3v) is 4.96. The maximum Gasteiger partial charge on any atom is 0.199 e. The van der Waals surface area contributed by atoms with Gasteiger partial charge in [-0.05, 0) is 44.2 Å². The Labute approximate surface area is 186 Å². The maximum atomic E-state index is 10.9. The lowest BCUT2D eigenvalue weighted by atomic mass is 10.0. The second-order valence-corrected chi connectivity index (χ2v) is 7.04. The molecule has 0 atom stereocenters. The Morgan fingerprint density at radius 3 is 2.25 bits per heavy atom. The summed E-state index contributed by atoms with van der Waals surface area (Å²) in [7, 11) is 0. The first kappa shape index (κ1) is 21.0. The fourth-order valence-electron chi connectivity index (χ4n) is 3.56. The van der Waals surface area contributed by atoms with Crippen LogP contribution in [0.3, 0.4) is 0 Å². The molecule has 0 aliphatic rings. The van der Waals surface area contributed by atoms with E-state index in [0.717, 1.165) is 10.9 Å². The maximum absolute atomic E-state index is 10.9. The van der Waals surface area contributed by atoms with Gasteiger partial charge in [-0.2, -0.15) is 5.26 Å². The molecule has 4 aromatic rings. The Balaban J connectivity index is 1.95. The number of aromatic nitrogens is 1. The van der Waals surface area contributed by atoms with Crippen LogP contribution in [0.4, 0.5) is 5.69 Å². The third kappa shape index (κ3) is 4.14. The summed E-state index contributed by atoms with van der Waals surface area (Å²) in [4.78, 5) is 7.89. The molecule has 0 fully saturated rings. The number of rotatable bonds is 7. The first-order chi connectivity index (χ1) is 15.6. The fourth-order valence-corrected chi connectivity index (χ4v) is 3.56. The number of aromatic hydroxyl groups is 1. The Morgan fingerprint density at radius 2 is 1.62 bits per heavy atom. The number of H-pyrrole nitrogens is 1. The molecule has 160 valence electrons. The van der Waals surface area contributed by atoms with Gasteiger partial charge in [0.15, 0.2) is 17.4 Å². The van der Waals surface area contributed by atoms with Gasteiger partial charge in [0, 0.05) is 17.0 Å². The van der Waals surface area contributed by atoms with Gasteiger partial charge in [0.25, 0.3) is 0 Å². The summed E-state index contributed by atoms with van der Waals surface area (Å²) in [5.74, 6) is 1.22. The predicted molar refractivity (Wildman–Crippen MR) is 125 cm³/mol. The largest absolute Gasteiger partial charge is 0.494 e. The van der Waals surface area contributed by atoms with Crippen molar-refractivity contribution in [1.29, 1.82) is 5.26 Å². The highest BCUT2D eigenvalue weighted by Gasteiger charge is 2.21. The van der Waals surface area contributed by atoms with Crippen molar-refractivity contribution >= 4 is 22.3 Å². The smallest absolute Gasteiger partial charge is 0.199 e. The lowest BCUT2D eigenvalue weighted by Crippen LogP contribution is -2.03. The molecular weight excluding hydrogens is 402 g/mol. The average Bonchev–Trinajstić information content (AvgIpc) is 3.13. The molecule has 0 aliphatic heterocycles. The van der Waals surface area contributed by atoms with Crippen LogP contribution in [-0.2, 0) is 0 Å². The van der Waals surface area contributed by atoms with E-state index in [1.807, 2.05) is 56.3 Å². The number of benzene rings is 3. The van der Waals surface area contributed by atoms with Crippen LogP contribution in [-0.4, -0.2) is 29.0 Å². The minimum atomic E-state index is 0.00680. The van der Waals surface area contributed by atoms with E-state index >= 15 is 0 Å². The van der Waals surface area contributed by atoms with Gasteiger partial charge in [0.2, 0.25) is 0 Å². The average molecular weight is 425 g/mol. The Kier molecular flexibility index (Phi) is 6.09. The van der Waals surface area contributed by atoms with Crippen LogP contribution in [0.25, 0.3) is 10.9 Å². The van der Waals surface area contributed by atoms with Gasteiger partial charge in [-0.3, -0.25) is 0 Å². The van der Waals surface area contributed by atoms with Crippen LogP contribution >= 0.6 is 0 Å². The number of ether oxygens (including phenoxy) is 2. The molecule has 0 bridgehead atoms.